The third kappa shape index (κ3) is 4.59. The first kappa shape index (κ1) is 18.4. The number of carbonyl (C=O) groups excluding carboxylic acids is 1. The fourth-order valence-corrected chi connectivity index (χ4v) is 3.26. The Bertz CT molecular complexity index is 826. The van der Waals surface area contributed by atoms with Crippen molar-refractivity contribution in [2.75, 3.05) is 13.2 Å². The number of para-hydroxylation sites is 1. The molecular weight excluding hydrogens is 346 g/mol. The molecule has 6 heteroatoms. The summed E-state index contributed by atoms with van der Waals surface area (Å²) >= 11 is 1.58. The summed E-state index contributed by atoms with van der Waals surface area (Å²) in [4.78, 5) is 13.7. The van der Waals surface area contributed by atoms with Crippen molar-refractivity contribution >= 4 is 17.2 Å². The Kier molecular flexibility index (Phi) is 6.20. The van der Waals surface area contributed by atoms with Crippen LogP contribution < -0.4 is 5.32 Å². The van der Waals surface area contributed by atoms with E-state index in [0.29, 0.717) is 24.4 Å². The number of thiophene rings is 1. The number of aromatic nitrogens is 2. The lowest BCUT2D eigenvalue weighted by Crippen LogP contribution is -2.25. The number of ether oxygens (including phenoxy) is 1. The molecule has 0 spiro atoms. The standard InChI is InChI=1S/C20H23N3O2S/c1-15(2)25-12-7-11-21-20(24)17-14-23(16-8-4-3-5-9-16)22-19(17)18-10-6-13-26-18/h3-6,8-10,13-15H,7,11-12H2,1-2H3,(H,21,24). The van der Waals surface area contributed by atoms with Crippen LogP contribution in [0.2, 0.25) is 0 Å². The van der Waals surface area contributed by atoms with Gasteiger partial charge < -0.3 is 10.1 Å². The Hall–Kier alpha value is -2.44. The lowest BCUT2D eigenvalue weighted by atomic mass is 10.2. The van der Waals surface area contributed by atoms with Crippen molar-refractivity contribution in [1.82, 2.24) is 15.1 Å². The maximum atomic E-state index is 12.7. The van der Waals surface area contributed by atoms with Gasteiger partial charge in [-0.1, -0.05) is 24.3 Å². The average Bonchev–Trinajstić information content (AvgIpc) is 3.31. The van der Waals surface area contributed by atoms with E-state index >= 15 is 0 Å². The van der Waals surface area contributed by atoms with Crippen LogP contribution in [0, 0.1) is 0 Å². The zero-order chi connectivity index (χ0) is 18.4. The SMILES string of the molecule is CC(C)OCCCNC(=O)c1cn(-c2ccccc2)nc1-c1cccs1. The molecule has 136 valence electrons. The summed E-state index contributed by atoms with van der Waals surface area (Å²) in [6.45, 7) is 5.22. The molecule has 0 aliphatic rings. The third-order valence-electron chi connectivity index (χ3n) is 3.79. The highest BCUT2D eigenvalue weighted by atomic mass is 32.1. The van der Waals surface area contributed by atoms with Gasteiger partial charge in [-0.15, -0.1) is 11.3 Å². The second kappa shape index (κ2) is 8.78. The zero-order valence-corrected chi connectivity index (χ0v) is 15.8. The van der Waals surface area contributed by atoms with Gasteiger partial charge in [0.05, 0.1) is 22.2 Å². The van der Waals surface area contributed by atoms with Gasteiger partial charge in [0.2, 0.25) is 0 Å². The van der Waals surface area contributed by atoms with Gasteiger partial charge in [0.25, 0.3) is 5.91 Å². The fraction of sp³-hybridized carbons (Fsp3) is 0.300. The number of benzene rings is 1. The molecule has 3 rings (SSSR count). The van der Waals surface area contributed by atoms with Gasteiger partial charge in [-0.3, -0.25) is 4.79 Å². The molecule has 0 aliphatic carbocycles. The van der Waals surface area contributed by atoms with E-state index in [9.17, 15) is 4.79 Å². The molecule has 0 atom stereocenters. The number of amides is 1. The van der Waals surface area contributed by atoms with Crippen LogP contribution in [0.3, 0.4) is 0 Å². The molecule has 0 saturated carbocycles. The minimum atomic E-state index is -0.111. The number of hydrogen-bond donors (Lipinski definition) is 1. The largest absolute Gasteiger partial charge is 0.379 e. The maximum absolute atomic E-state index is 12.7. The van der Waals surface area contributed by atoms with Crippen LogP contribution >= 0.6 is 11.3 Å². The minimum absolute atomic E-state index is 0.111. The van der Waals surface area contributed by atoms with Gasteiger partial charge in [-0.05, 0) is 43.8 Å². The number of rotatable bonds is 8. The van der Waals surface area contributed by atoms with E-state index in [4.69, 9.17) is 4.74 Å². The van der Waals surface area contributed by atoms with Crippen LogP contribution in [0.1, 0.15) is 30.6 Å². The molecule has 0 fully saturated rings. The highest BCUT2D eigenvalue weighted by Crippen LogP contribution is 2.27. The first-order chi connectivity index (χ1) is 12.6. The summed E-state index contributed by atoms with van der Waals surface area (Å²) in [5, 5.41) is 9.61. The van der Waals surface area contributed by atoms with Gasteiger partial charge in [0, 0.05) is 19.3 Å². The number of nitrogens with zero attached hydrogens (tertiary/aromatic N) is 2. The van der Waals surface area contributed by atoms with E-state index in [0.717, 1.165) is 17.0 Å². The molecule has 0 saturated heterocycles. The summed E-state index contributed by atoms with van der Waals surface area (Å²) in [6.07, 6.45) is 2.79. The van der Waals surface area contributed by atoms with Crippen molar-refractivity contribution in [3.63, 3.8) is 0 Å². The molecule has 2 aromatic heterocycles. The topological polar surface area (TPSA) is 56.1 Å². The number of carbonyl (C=O) groups is 1. The van der Waals surface area contributed by atoms with Gasteiger partial charge in [0.1, 0.15) is 5.69 Å². The average molecular weight is 369 g/mol. The van der Waals surface area contributed by atoms with E-state index in [-0.39, 0.29) is 12.0 Å². The smallest absolute Gasteiger partial charge is 0.255 e. The molecule has 3 aromatic rings. The molecule has 5 nitrogen and oxygen atoms in total. The molecule has 0 unspecified atom stereocenters. The maximum Gasteiger partial charge on any atom is 0.255 e. The predicted octanol–water partition coefficient (Wildman–Crippen LogP) is 4.15. The van der Waals surface area contributed by atoms with E-state index in [2.05, 4.69) is 10.4 Å². The molecule has 0 aliphatic heterocycles. The Labute approximate surface area is 157 Å². The Morgan fingerprint density at radius 1 is 1.23 bits per heavy atom. The Morgan fingerprint density at radius 3 is 2.73 bits per heavy atom. The molecule has 0 radical (unpaired) electrons. The second-order valence-electron chi connectivity index (χ2n) is 6.18. The lowest BCUT2D eigenvalue weighted by Gasteiger charge is -2.08. The van der Waals surface area contributed by atoms with Gasteiger partial charge in [-0.2, -0.15) is 5.10 Å². The molecule has 0 bridgehead atoms. The van der Waals surface area contributed by atoms with Crippen LogP contribution in [0.25, 0.3) is 16.3 Å². The van der Waals surface area contributed by atoms with Crippen LogP contribution in [0.4, 0.5) is 0 Å². The monoisotopic (exact) mass is 369 g/mol. The molecule has 1 aromatic carbocycles. The Morgan fingerprint density at radius 2 is 2.04 bits per heavy atom. The normalized spacial score (nSPS) is 11.0. The molecule has 1 N–H and O–H groups in total. The molecule has 26 heavy (non-hydrogen) atoms. The first-order valence-corrected chi connectivity index (χ1v) is 9.62. The molecule has 2 heterocycles. The summed E-state index contributed by atoms with van der Waals surface area (Å²) in [7, 11) is 0. The van der Waals surface area contributed by atoms with Crippen LogP contribution in [-0.2, 0) is 4.74 Å². The number of hydrogen-bond acceptors (Lipinski definition) is 4. The summed E-state index contributed by atoms with van der Waals surface area (Å²) in [5.74, 6) is -0.111. The zero-order valence-electron chi connectivity index (χ0n) is 15.0. The van der Waals surface area contributed by atoms with Gasteiger partial charge in [-0.25, -0.2) is 4.68 Å². The van der Waals surface area contributed by atoms with Crippen LogP contribution in [0.5, 0.6) is 0 Å². The fourth-order valence-electron chi connectivity index (χ4n) is 2.54. The summed E-state index contributed by atoms with van der Waals surface area (Å²) in [5.41, 5.74) is 2.22. The van der Waals surface area contributed by atoms with Crippen molar-refractivity contribution in [1.29, 1.82) is 0 Å². The van der Waals surface area contributed by atoms with Gasteiger partial charge >= 0.3 is 0 Å². The minimum Gasteiger partial charge on any atom is -0.379 e. The second-order valence-corrected chi connectivity index (χ2v) is 7.13. The van der Waals surface area contributed by atoms with E-state index in [1.165, 1.54) is 0 Å². The lowest BCUT2D eigenvalue weighted by molar-refractivity contribution is 0.0757. The molecular formula is C20H23N3O2S. The highest BCUT2D eigenvalue weighted by molar-refractivity contribution is 7.13. The first-order valence-electron chi connectivity index (χ1n) is 8.74. The predicted molar refractivity (Wildman–Crippen MR) is 105 cm³/mol. The Balaban J connectivity index is 1.76. The van der Waals surface area contributed by atoms with Crippen molar-refractivity contribution in [3.8, 4) is 16.3 Å². The summed E-state index contributed by atoms with van der Waals surface area (Å²) in [6, 6.07) is 13.8. The van der Waals surface area contributed by atoms with Crippen molar-refractivity contribution < 1.29 is 9.53 Å². The van der Waals surface area contributed by atoms with Crippen molar-refractivity contribution in [2.45, 2.75) is 26.4 Å². The van der Waals surface area contributed by atoms with Crippen LogP contribution in [-0.4, -0.2) is 34.9 Å². The summed E-state index contributed by atoms with van der Waals surface area (Å²) < 4.78 is 7.26. The van der Waals surface area contributed by atoms with E-state index in [1.54, 1.807) is 22.2 Å². The van der Waals surface area contributed by atoms with Gasteiger partial charge in [0.15, 0.2) is 0 Å². The highest BCUT2D eigenvalue weighted by Gasteiger charge is 2.19. The quantitative estimate of drug-likeness (QED) is 0.607. The van der Waals surface area contributed by atoms with E-state index in [1.807, 2.05) is 61.7 Å². The van der Waals surface area contributed by atoms with E-state index < -0.39 is 0 Å². The van der Waals surface area contributed by atoms with Crippen molar-refractivity contribution in [3.05, 3.63) is 59.6 Å². The van der Waals surface area contributed by atoms with Crippen molar-refractivity contribution in [2.24, 2.45) is 0 Å². The third-order valence-corrected chi connectivity index (χ3v) is 4.67. The van der Waals surface area contributed by atoms with Crippen LogP contribution in [0.15, 0.2) is 54.0 Å². The molecule has 1 amide bonds. The number of nitrogens with one attached hydrogen (secondary N) is 1.